The summed E-state index contributed by atoms with van der Waals surface area (Å²) in [5, 5.41) is 3.56. The van der Waals surface area contributed by atoms with Crippen LogP contribution in [0, 0.1) is 18.7 Å². The fourth-order valence-corrected chi connectivity index (χ4v) is 3.51. The lowest BCUT2D eigenvalue weighted by Gasteiger charge is -2.24. The Hall–Kier alpha value is -2.86. The molecule has 0 fully saturated rings. The number of hydrogen-bond donors (Lipinski definition) is 2. The summed E-state index contributed by atoms with van der Waals surface area (Å²) >= 11 is 5.85. The highest BCUT2D eigenvalue weighted by atomic mass is 35.5. The first-order valence-electron chi connectivity index (χ1n) is 9.20. The molecule has 29 heavy (non-hydrogen) atoms. The van der Waals surface area contributed by atoms with E-state index in [0.29, 0.717) is 22.2 Å². The predicted molar refractivity (Wildman–Crippen MR) is 112 cm³/mol. The first kappa shape index (κ1) is 20.9. The lowest BCUT2D eigenvalue weighted by Crippen LogP contribution is -2.34. The Morgan fingerprint density at radius 3 is 2.59 bits per heavy atom. The molecular formula is C22H22ClFN2O3. The zero-order chi connectivity index (χ0) is 21.3. The van der Waals surface area contributed by atoms with Gasteiger partial charge in [0, 0.05) is 21.5 Å². The van der Waals surface area contributed by atoms with E-state index < -0.39 is 17.8 Å². The van der Waals surface area contributed by atoms with Crippen molar-refractivity contribution >= 4 is 28.4 Å². The van der Waals surface area contributed by atoms with Crippen LogP contribution in [0.3, 0.4) is 0 Å². The number of carbonyl (C=O) groups is 1. The average Bonchev–Trinajstić information content (AvgIpc) is 2.68. The molecule has 2 aromatic carbocycles. The molecule has 0 spiro atoms. The molecule has 3 aromatic rings. The van der Waals surface area contributed by atoms with Crippen molar-refractivity contribution in [3.8, 4) is 5.75 Å². The molecule has 0 aliphatic rings. The molecular weight excluding hydrogens is 395 g/mol. The third-order valence-electron chi connectivity index (χ3n) is 4.93. The van der Waals surface area contributed by atoms with Crippen LogP contribution >= 0.6 is 11.6 Å². The first-order chi connectivity index (χ1) is 13.7. The number of amides is 1. The first-order valence-corrected chi connectivity index (χ1v) is 9.57. The van der Waals surface area contributed by atoms with Crippen LogP contribution in [0.1, 0.15) is 41.5 Å². The number of hydrogen-bond acceptors (Lipinski definition) is 3. The van der Waals surface area contributed by atoms with Crippen molar-refractivity contribution in [2.75, 3.05) is 7.11 Å². The fraction of sp³-hybridized carbons (Fsp3) is 0.273. The maximum absolute atomic E-state index is 14.5. The zero-order valence-electron chi connectivity index (χ0n) is 16.6. The number of nitrogens with one attached hydrogen (secondary N) is 2. The van der Waals surface area contributed by atoms with Crippen molar-refractivity contribution in [2.45, 2.75) is 26.8 Å². The van der Waals surface area contributed by atoms with Gasteiger partial charge >= 0.3 is 0 Å². The largest absolute Gasteiger partial charge is 0.495 e. The van der Waals surface area contributed by atoms with Gasteiger partial charge in [0.1, 0.15) is 17.3 Å². The molecule has 7 heteroatoms. The lowest BCUT2D eigenvalue weighted by molar-refractivity contribution is 0.0919. The van der Waals surface area contributed by atoms with Crippen LogP contribution in [0.4, 0.5) is 4.39 Å². The molecule has 0 saturated carbocycles. The van der Waals surface area contributed by atoms with Gasteiger partial charge in [-0.2, -0.15) is 0 Å². The number of para-hydroxylation sites is 1. The monoisotopic (exact) mass is 416 g/mol. The van der Waals surface area contributed by atoms with Crippen molar-refractivity contribution in [3.05, 3.63) is 74.3 Å². The predicted octanol–water partition coefficient (Wildman–Crippen LogP) is 4.76. The van der Waals surface area contributed by atoms with Crippen LogP contribution in [0.5, 0.6) is 5.75 Å². The van der Waals surface area contributed by atoms with Crippen LogP contribution in [0.2, 0.25) is 5.02 Å². The number of ether oxygens (including phenoxy) is 1. The molecule has 0 aliphatic carbocycles. The van der Waals surface area contributed by atoms with Crippen molar-refractivity contribution in [1.82, 2.24) is 10.3 Å². The third-order valence-corrected chi connectivity index (χ3v) is 5.17. The smallest absolute Gasteiger partial charge is 0.268 e. The minimum absolute atomic E-state index is 0.100. The number of halogens is 2. The lowest BCUT2D eigenvalue weighted by atomic mass is 9.95. The maximum Gasteiger partial charge on any atom is 0.268 e. The van der Waals surface area contributed by atoms with Gasteiger partial charge in [0.15, 0.2) is 5.43 Å². The number of aromatic amines is 1. The van der Waals surface area contributed by atoms with Gasteiger partial charge in [-0.25, -0.2) is 4.39 Å². The van der Waals surface area contributed by atoms with Crippen molar-refractivity contribution in [2.24, 2.45) is 5.92 Å². The van der Waals surface area contributed by atoms with Gasteiger partial charge in [-0.15, -0.1) is 0 Å². The maximum atomic E-state index is 14.5. The summed E-state index contributed by atoms with van der Waals surface area (Å²) in [6.07, 6.45) is 0. The van der Waals surface area contributed by atoms with E-state index >= 15 is 0 Å². The molecule has 1 heterocycles. The minimum Gasteiger partial charge on any atom is -0.495 e. The van der Waals surface area contributed by atoms with E-state index in [4.69, 9.17) is 16.3 Å². The Morgan fingerprint density at radius 2 is 1.97 bits per heavy atom. The molecule has 0 aliphatic heterocycles. The second kappa shape index (κ2) is 8.25. The number of rotatable bonds is 5. The van der Waals surface area contributed by atoms with E-state index in [1.165, 1.54) is 13.2 Å². The highest BCUT2D eigenvalue weighted by Crippen LogP contribution is 2.27. The number of fused-ring (bicyclic) bond motifs is 1. The van der Waals surface area contributed by atoms with E-state index in [-0.39, 0.29) is 27.6 Å². The normalized spacial score (nSPS) is 12.2. The van der Waals surface area contributed by atoms with Gasteiger partial charge in [-0.1, -0.05) is 37.6 Å². The zero-order valence-corrected chi connectivity index (χ0v) is 17.4. The second-order valence-electron chi connectivity index (χ2n) is 7.20. The van der Waals surface area contributed by atoms with E-state index in [0.717, 1.165) is 0 Å². The van der Waals surface area contributed by atoms with Gasteiger partial charge in [0.05, 0.1) is 18.7 Å². The Labute approximate surface area is 172 Å². The molecule has 2 N–H and O–H groups in total. The van der Waals surface area contributed by atoms with Gasteiger partial charge < -0.3 is 15.0 Å². The Bertz CT molecular complexity index is 1140. The topological polar surface area (TPSA) is 71.2 Å². The van der Waals surface area contributed by atoms with Crippen LogP contribution in [-0.4, -0.2) is 18.0 Å². The van der Waals surface area contributed by atoms with E-state index in [9.17, 15) is 14.0 Å². The Kier molecular flexibility index (Phi) is 5.94. The minimum atomic E-state index is -0.601. The Balaban J connectivity index is 2.06. The second-order valence-corrected chi connectivity index (χ2v) is 7.63. The molecule has 0 radical (unpaired) electrons. The number of aromatic nitrogens is 1. The summed E-state index contributed by atoms with van der Waals surface area (Å²) in [5.74, 6) is -0.642. The average molecular weight is 417 g/mol. The van der Waals surface area contributed by atoms with Gasteiger partial charge in [0.2, 0.25) is 0 Å². The van der Waals surface area contributed by atoms with E-state index in [1.807, 2.05) is 13.8 Å². The molecule has 3 rings (SSSR count). The van der Waals surface area contributed by atoms with Crippen molar-refractivity contribution < 1.29 is 13.9 Å². The van der Waals surface area contributed by atoms with Crippen molar-refractivity contribution in [1.29, 1.82) is 0 Å². The number of pyridine rings is 1. The summed E-state index contributed by atoms with van der Waals surface area (Å²) < 4.78 is 19.8. The number of methoxy groups -OCH3 is 1. The van der Waals surface area contributed by atoms with Crippen LogP contribution in [-0.2, 0) is 0 Å². The molecule has 1 atom stereocenters. The van der Waals surface area contributed by atoms with Gasteiger partial charge in [0.25, 0.3) is 5.91 Å². The van der Waals surface area contributed by atoms with Crippen LogP contribution < -0.4 is 15.5 Å². The van der Waals surface area contributed by atoms with Gasteiger partial charge in [-0.05, 0) is 37.1 Å². The number of benzene rings is 2. The molecule has 152 valence electrons. The summed E-state index contributed by atoms with van der Waals surface area (Å²) in [7, 11) is 1.49. The standard InChI is InChI=1S/C22H22ClFN2O3/c1-11(2)18(14-9-8-13(23)10-16(14)24)26-22(28)19-12(3)21(27)15-6-5-7-17(29-4)20(15)25-19/h5-11,18H,1-4H3,(H,25,27)(H,26,28). The van der Waals surface area contributed by atoms with E-state index in [2.05, 4.69) is 10.3 Å². The summed E-state index contributed by atoms with van der Waals surface area (Å²) in [6.45, 7) is 5.33. The van der Waals surface area contributed by atoms with Gasteiger partial charge in [-0.3, -0.25) is 9.59 Å². The molecule has 1 amide bonds. The van der Waals surface area contributed by atoms with Crippen LogP contribution in [0.25, 0.3) is 10.9 Å². The van der Waals surface area contributed by atoms with E-state index in [1.54, 1.807) is 37.3 Å². The summed E-state index contributed by atoms with van der Waals surface area (Å²) in [5.41, 5.74) is 0.904. The molecule has 1 aromatic heterocycles. The molecule has 5 nitrogen and oxygen atoms in total. The quantitative estimate of drug-likeness (QED) is 0.629. The summed E-state index contributed by atoms with van der Waals surface area (Å²) in [4.78, 5) is 28.9. The summed E-state index contributed by atoms with van der Waals surface area (Å²) in [6, 6.07) is 8.84. The highest BCUT2D eigenvalue weighted by molar-refractivity contribution is 6.30. The molecule has 1 unspecified atom stereocenters. The fourth-order valence-electron chi connectivity index (χ4n) is 3.35. The Morgan fingerprint density at radius 1 is 1.24 bits per heavy atom. The highest BCUT2D eigenvalue weighted by Gasteiger charge is 2.24. The molecule has 0 bridgehead atoms. The number of carbonyl (C=O) groups excluding carboxylic acids is 1. The van der Waals surface area contributed by atoms with Crippen LogP contribution in [0.15, 0.2) is 41.2 Å². The number of H-pyrrole nitrogens is 1. The molecule has 0 saturated heterocycles. The SMILES string of the molecule is COc1cccc2c(=O)c(C)c(C(=O)NC(c3ccc(Cl)cc3F)C(C)C)[nH]c12. The third kappa shape index (κ3) is 3.98. The van der Waals surface area contributed by atoms with Crippen molar-refractivity contribution in [3.63, 3.8) is 0 Å².